The summed E-state index contributed by atoms with van der Waals surface area (Å²) in [5.41, 5.74) is -0.473. The summed E-state index contributed by atoms with van der Waals surface area (Å²) in [4.78, 5) is 24.4. The lowest BCUT2D eigenvalue weighted by molar-refractivity contribution is -0.156. The van der Waals surface area contributed by atoms with Crippen molar-refractivity contribution in [2.75, 3.05) is 26.7 Å². The fourth-order valence-corrected chi connectivity index (χ4v) is 1.26. The molecule has 0 aliphatic carbocycles. The maximum Gasteiger partial charge on any atom is 0.320 e. The van der Waals surface area contributed by atoms with Crippen molar-refractivity contribution in [1.29, 1.82) is 0 Å². The Kier molecular flexibility index (Phi) is 6.80. The van der Waals surface area contributed by atoms with Gasteiger partial charge in [0.1, 0.15) is 5.60 Å². The van der Waals surface area contributed by atoms with Gasteiger partial charge in [-0.1, -0.05) is 6.92 Å². The summed E-state index contributed by atoms with van der Waals surface area (Å²) in [5.74, 6) is -0.545. The van der Waals surface area contributed by atoms with Crippen LogP contribution in [0.1, 0.15) is 34.1 Å². The molecule has 0 N–H and O–H groups in total. The van der Waals surface area contributed by atoms with E-state index in [0.29, 0.717) is 13.1 Å². The number of esters is 2. The summed E-state index contributed by atoms with van der Waals surface area (Å²) in [6.45, 7) is 8.81. The van der Waals surface area contributed by atoms with E-state index in [-0.39, 0.29) is 24.9 Å². The average molecular weight is 245 g/mol. The van der Waals surface area contributed by atoms with Gasteiger partial charge in [-0.2, -0.15) is 0 Å². The molecule has 0 heterocycles. The molecule has 0 radical (unpaired) electrons. The molecular formula is C12H23NO4. The number of hydrogen-bond acceptors (Lipinski definition) is 5. The molecule has 0 spiro atoms. The molecule has 100 valence electrons. The molecule has 0 aromatic heterocycles. The second-order valence-corrected chi connectivity index (χ2v) is 4.78. The molecule has 0 aromatic carbocycles. The standard InChI is InChI=1S/C12H23NO4/c1-6-13(8-7-10(14)16-5)9-11(15)17-12(2,3)4/h6-9H2,1-5H3. The van der Waals surface area contributed by atoms with Gasteiger partial charge in [-0.15, -0.1) is 0 Å². The van der Waals surface area contributed by atoms with Crippen LogP contribution in [0.5, 0.6) is 0 Å². The molecule has 0 saturated heterocycles. The van der Waals surface area contributed by atoms with Crippen LogP contribution in [0.25, 0.3) is 0 Å². The van der Waals surface area contributed by atoms with Crippen molar-refractivity contribution in [2.45, 2.75) is 39.7 Å². The Morgan fingerprint density at radius 1 is 1.18 bits per heavy atom. The first-order valence-electron chi connectivity index (χ1n) is 5.79. The number of ether oxygens (including phenoxy) is 2. The summed E-state index contributed by atoms with van der Waals surface area (Å²) < 4.78 is 9.76. The summed E-state index contributed by atoms with van der Waals surface area (Å²) >= 11 is 0. The van der Waals surface area contributed by atoms with Gasteiger partial charge in [0, 0.05) is 6.54 Å². The van der Waals surface area contributed by atoms with Gasteiger partial charge in [0.05, 0.1) is 20.1 Å². The maximum atomic E-state index is 11.6. The molecule has 0 unspecified atom stereocenters. The van der Waals surface area contributed by atoms with E-state index in [4.69, 9.17) is 4.74 Å². The first-order valence-corrected chi connectivity index (χ1v) is 5.79. The molecule has 0 bridgehead atoms. The van der Waals surface area contributed by atoms with Gasteiger partial charge in [-0.05, 0) is 27.3 Å². The van der Waals surface area contributed by atoms with Crippen LogP contribution in [0.3, 0.4) is 0 Å². The minimum absolute atomic E-state index is 0.199. The van der Waals surface area contributed by atoms with Crippen molar-refractivity contribution in [3.8, 4) is 0 Å². The number of carbonyl (C=O) groups is 2. The summed E-state index contributed by atoms with van der Waals surface area (Å²) in [5, 5.41) is 0. The van der Waals surface area contributed by atoms with Crippen LogP contribution in [0.15, 0.2) is 0 Å². The topological polar surface area (TPSA) is 55.8 Å². The van der Waals surface area contributed by atoms with Gasteiger partial charge in [0.2, 0.25) is 0 Å². The molecule has 0 amide bonds. The van der Waals surface area contributed by atoms with Crippen LogP contribution in [0, 0.1) is 0 Å². The summed E-state index contributed by atoms with van der Waals surface area (Å²) in [7, 11) is 1.35. The highest BCUT2D eigenvalue weighted by Crippen LogP contribution is 2.07. The lowest BCUT2D eigenvalue weighted by atomic mass is 10.2. The van der Waals surface area contributed by atoms with E-state index < -0.39 is 5.60 Å². The van der Waals surface area contributed by atoms with Crippen molar-refractivity contribution in [1.82, 2.24) is 4.90 Å². The Bertz CT molecular complexity index is 258. The van der Waals surface area contributed by atoms with Crippen LogP contribution >= 0.6 is 0 Å². The second kappa shape index (κ2) is 7.27. The van der Waals surface area contributed by atoms with Crippen molar-refractivity contribution in [2.24, 2.45) is 0 Å². The van der Waals surface area contributed by atoms with Crippen molar-refractivity contribution in [3.63, 3.8) is 0 Å². The number of rotatable bonds is 6. The van der Waals surface area contributed by atoms with E-state index >= 15 is 0 Å². The monoisotopic (exact) mass is 245 g/mol. The minimum atomic E-state index is -0.473. The molecule has 0 atom stereocenters. The highest BCUT2D eigenvalue weighted by Gasteiger charge is 2.18. The van der Waals surface area contributed by atoms with Crippen LogP contribution < -0.4 is 0 Å². The predicted molar refractivity (Wildman–Crippen MR) is 64.6 cm³/mol. The zero-order chi connectivity index (χ0) is 13.5. The van der Waals surface area contributed by atoms with E-state index in [1.54, 1.807) is 0 Å². The highest BCUT2D eigenvalue weighted by molar-refractivity contribution is 5.72. The van der Waals surface area contributed by atoms with Crippen molar-refractivity contribution < 1.29 is 19.1 Å². The van der Waals surface area contributed by atoms with Gasteiger partial charge in [-0.3, -0.25) is 14.5 Å². The SMILES string of the molecule is CCN(CCC(=O)OC)CC(=O)OC(C)(C)C. The molecule has 0 saturated carbocycles. The lowest BCUT2D eigenvalue weighted by Crippen LogP contribution is -2.36. The third kappa shape index (κ3) is 8.68. The summed E-state index contributed by atoms with van der Waals surface area (Å²) in [6.07, 6.45) is 0.285. The van der Waals surface area contributed by atoms with E-state index in [1.165, 1.54) is 7.11 Å². The molecular weight excluding hydrogens is 222 g/mol. The Morgan fingerprint density at radius 2 is 1.76 bits per heavy atom. The Morgan fingerprint density at radius 3 is 2.18 bits per heavy atom. The lowest BCUT2D eigenvalue weighted by Gasteiger charge is -2.23. The van der Waals surface area contributed by atoms with Gasteiger partial charge in [0.15, 0.2) is 0 Å². The molecule has 0 aromatic rings. The maximum absolute atomic E-state index is 11.6. The van der Waals surface area contributed by atoms with Crippen LogP contribution in [0.4, 0.5) is 0 Å². The van der Waals surface area contributed by atoms with Crippen molar-refractivity contribution in [3.05, 3.63) is 0 Å². The van der Waals surface area contributed by atoms with E-state index in [0.717, 1.165) is 0 Å². The van der Waals surface area contributed by atoms with E-state index in [9.17, 15) is 9.59 Å². The normalized spacial score (nSPS) is 11.4. The molecule has 0 fully saturated rings. The van der Waals surface area contributed by atoms with Gasteiger partial charge in [-0.25, -0.2) is 0 Å². The highest BCUT2D eigenvalue weighted by atomic mass is 16.6. The van der Waals surface area contributed by atoms with E-state index in [2.05, 4.69) is 4.74 Å². The molecule has 0 rings (SSSR count). The van der Waals surface area contributed by atoms with Crippen LogP contribution in [-0.2, 0) is 19.1 Å². The molecule has 5 heteroatoms. The number of carbonyl (C=O) groups excluding carboxylic acids is 2. The Labute approximate surface area is 103 Å². The van der Waals surface area contributed by atoms with E-state index in [1.807, 2.05) is 32.6 Å². The fourth-order valence-electron chi connectivity index (χ4n) is 1.26. The fraction of sp³-hybridized carbons (Fsp3) is 0.833. The molecule has 5 nitrogen and oxygen atoms in total. The number of likely N-dealkylation sites (N-methyl/N-ethyl adjacent to an activating group) is 1. The largest absolute Gasteiger partial charge is 0.469 e. The van der Waals surface area contributed by atoms with Gasteiger partial charge >= 0.3 is 11.9 Å². The zero-order valence-electron chi connectivity index (χ0n) is 11.4. The smallest absolute Gasteiger partial charge is 0.320 e. The van der Waals surface area contributed by atoms with Crippen LogP contribution in [0.2, 0.25) is 0 Å². The third-order valence-electron chi connectivity index (χ3n) is 2.08. The number of hydrogen-bond donors (Lipinski definition) is 0. The molecule has 0 aliphatic heterocycles. The predicted octanol–water partition coefficient (Wildman–Crippen LogP) is 1.21. The summed E-state index contributed by atoms with van der Waals surface area (Å²) in [6, 6.07) is 0. The average Bonchev–Trinajstić information content (AvgIpc) is 2.20. The minimum Gasteiger partial charge on any atom is -0.469 e. The third-order valence-corrected chi connectivity index (χ3v) is 2.08. The van der Waals surface area contributed by atoms with Gasteiger partial charge in [0.25, 0.3) is 0 Å². The first kappa shape index (κ1) is 15.9. The Hall–Kier alpha value is -1.10. The van der Waals surface area contributed by atoms with Crippen molar-refractivity contribution >= 4 is 11.9 Å². The molecule has 0 aliphatic rings. The number of nitrogens with zero attached hydrogens (tertiary/aromatic N) is 1. The van der Waals surface area contributed by atoms with Crippen LogP contribution in [-0.4, -0.2) is 49.2 Å². The molecule has 17 heavy (non-hydrogen) atoms. The number of methoxy groups -OCH3 is 1. The zero-order valence-corrected chi connectivity index (χ0v) is 11.4. The quantitative estimate of drug-likeness (QED) is 0.658. The first-order chi connectivity index (χ1) is 7.78. The second-order valence-electron chi connectivity index (χ2n) is 4.78. The van der Waals surface area contributed by atoms with Gasteiger partial charge < -0.3 is 9.47 Å². The Balaban J connectivity index is 4.04.